The van der Waals surface area contributed by atoms with Crippen molar-refractivity contribution >= 4 is 16.7 Å². The Hall–Kier alpha value is -3.75. The molecule has 2 saturated carbocycles. The van der Waals surface area contributed by atoms with Gasteiger partial charge in [-0.1, -0.05) is 54.6 Å². The number of halogens is 2. The van der Waals surface area contributed by atoms with Crippen LogP contribution in [0.5, 0.6) is 0 Å². The Morgan fingerprint density at radius 1 is 0.919 bits per heavy atom. The molecule has 186 valence electrons. The number of hydrogen-bond acceptors (Lipinski definition) is 5. The van der Waals surface area contributed by atoms with Crippen LogP contribution in [0.4, 0.5) is 8.78 Å². The first-order valence-corrected chi connectivity index (χ1v) is 12.5. The number of fused-ring (bicyclic) bond motifs is 3. The quantitative estimate of drug-likeness (QED) is 0.328. The van der Waals surface area contributed by atoms with E-state index >= 15 is 0 Å². The maximum Gasteiger partial charge on any atom is 0.297 e. The number of nitrogens with two attached hydrogens (primary N) is 1. The SMILES string of the molecule is NC1(c2ccc(-c3nc4ccc5nnc(C(F)F)n5c4cc3-c3ccccc3)cc2)CC(O)(C2CC2)C1. The minimum absolute atomic E-state index is 0.348. The van der Waals surface area contributed by atoms with Gasteiger partial charge in [-0.3, -0.25) is 4.40 Å². The van der Waals surface area contributed by atoms with Crippen LogP contribution < -0.4 is 5.73 Å². The zero-order valence-corrected chi connectivity index (χ0v) is 20.0. The van der Waals surface area contributed by atoms with E-state index in [0.29, 0.717) is 35.4 Å². The number of aromatic nitrogens is 4. The maximum absolute atomic E-state index is 13.7. The number of aliphatic hydroxyl groups is 1. The highest BCUT2D eigenvalue weighted by Crippen LogP contribution is 2.57. The summed E-state index contributed by atoms with van der Waals surface area (Å²) in [5, 5.41) is 18.4. The molecule has 5 aromatic rings. The fourth-order valence-electron chi connectivity index (χ4n) is 5.95. The van der Waals surface area contributed by atoms with Crippen LogP contribution in [-0.4, -0.2) is 30.3 Å². The zero-order valence-electron chi connectivity index (χ0n) is 20.0. The number of alkyl halides is 2. The van der Waals surface area contributed by atoms with Crippen molar-refractivity contribution in [3.8, 4) is 22.4 Å². The van der Waals surface area contributed by atoms with Crippen molar-refractivity contribution in [2.24, 2.45) is 11.7 Å². The van der Waals surface area contributed by atoms with Gasteiger partial charge in [-0.25, -0.2) is 13.8 Å². The topological polar surface area (TPSA) is 89.3 Å². The van der Waals surface area contributed by atoms with Gasteiger partial charge in [0.05, 0.1) is 22.3 Å². The molecule has 3 aromatic heterocycles. The largest absolute Gasteiger partial charge is 0.389 e. The molecule has 0 atom stereocenters. The van der Waals surface area contributed by atoms with Gasteiger partial charge in [0, 0.05) is 16.7 Å². The minimum atomic E-state index is -2.76. The Bertz CT molecular complexity index is 1640. The molecule has 0 spiro atoms. The lowest BCUT2D eigenvalue weighted by Gasteiger charge is -2.52. The van der Waals surface area contributed by atoms with Gasteiger partial charge in [-0.05, 0) is 60.9 Å². The second-order valence-electron chi connectivity index (χ2n) is 10.5. The smallest absolute Gasteiger partial charge is 0.297 e. The first-order valence-electron chi connectivity index (χ1n) is 12.5. The summed E-state index contributed by atoms with van der Waals surface area (Å²) >= 11 is 0. The first kappa shape index (κ1) is 22.4. The Balaban J connectivity index is 1.35. The van der Waals surface area contributed by atoms with Gasteiger partial charge in [-0.15, -0.1) is 10.2 Å². The minimum Gasteiger partial charge on any atom is -0.389 e. The summed E-state index contributed by atoms with van der Waals surface area (Å²) in [6.45, 7) is 0. The number of benzene rings is 2. The lowest BCUT2D eigenvalue weighted by Crippen LogP contribution is -2.60. The molecular weight excluding hydrogens is 472 g/mol. The molecule has 0 radical (unpaired) electrons. The predicted octanol–water partition coefficient (Wildman–Crippen LogP) is 5.64. The normalized spacial score (nSPS) is 23.6. The van der Waals surface area contributed by atoms with Crippen molar-refractivity contribution in [1.82, 2.24) is 19.6 Å². The van der Waals surface area contributed by atoms with E-state index in [9.17, 15) is 13.9 Å². The van der Waals surface area contributed by atoms with Crippen LogP contribution in [0.2, 0.25) is 0 Å². The molecule has 7 rings (SSSR count). The standard InChI is InChI=1S/C29H25F2N5O/c30-26(31)27-35-34-24-13-12-22-23(36(24)27)14-21(17-4-2-1-3-5-17)25(33-22)18-6-8-19(9-7-18)28(32)15-29(37,16-28)20-10-11-20/h1-9,12-14,20,26,37H,10-11,15-16,32H2. The molecule has 0 saturated heterocycles. The Kier molecular flexibility index (Phi) is 4.78. The van der Waals surface area contributed by atoms with Crippen molar-refractivity contribution in [2.45, 2.75) is 43.2 Å². The second kappa shape index (κ2) is 7.87. The van der Waals surface area contributed by atoms with Crippen LogP contribution in [0.15, 0.2) is 72.8 Å². The molecule has 8 heteroatoms. The van der Waals surface area contributed by atoms with Crippen molar-refractivity contribution in [1.29, 1.82) is 0 Å². The van der Waals surface area contributed by atoms with E-state index in [1.807, 2.05) is 60.7 Å². The summed E-state index contributed by atoms with van der Waals surface area (Å²) < 4.78 is 28.8. The average molecular weight is 498 g/mol. The molecule has 2 aliphatic carbocycles. The summed E-state index contributed by atoms with van der Waals surface area (Å²) in [4.78, 5) is 4.94. The molecule has 0 aliphatic heterocycles. The third-order valence-electron chi connectivity index (χ3n) is 7.97. The van der Waals surface area contributed by atoms with Crippen LogP contribution in [0, 0.1) is 5.92 Å². The highest BCUT2D eigenvalue weighted by molar-refractivity contribution is 5.91. The maximum atomic E-state index is 13.7. The van der Waals surface area contributed by atoms with Crippen molar-refractivity contribution in [2.75, 3.05) is 0 Å². The van der Waals surface area contributed by atoms with Gasteiger partial charge in [-0.2, -0.15) is 0 Å². The molecule has 2 aliphatic rings. The summed E-state index contributed by atoms with van der Waals surface area (Å²) in [5.41, 5.74) is 11.3. The van der Waals surface area contributed by atoms with Gasteiger partial charge in [0.2, 0.25) is 5.82 Å². The number of pyridine rings is 2. The molecule has 3 heterocycles. The summed E-state index contributed by atoms with van der Waals surface area (Å²) in [7, 11) is 0. The molecular formula is C29H25F2N5O. The monoisotopic (exact) mass is 497 g/mol. The van der Waals surface area contributed by atoms with Gasteiger partial charge >= 0.3 is 0 Å². The predicted molar refractivity (Wildman–Crippen MR) is 137 cm³/mol. The van der Waals surface area contributed by atoms with Crippen LogP contribution in [0.1, 0.15) is 43.5 Å². The third kappa shape index (κ3) is 3.54. The van der Waals surface area contributed by atoms with Crippen LogP contribution in [0.25, 0.3) is 39.1 Å². The Morgan fingerprint density at radius 2 is 1.65 bits per heavy atom. The summed E-state index contributed by atoms with van der Waals surface area (Å²) in [6, 6.07) is 23.1. The van der Waals surface area contributed by atoms with Gasteiger partial charge in [0.1, 0.15) is 0 Å². The van der Waals surface area contributed by atoms with Crippen LogP contribution in [-0.2, 0) is 5.54 Å². The highest BCUT2D eigenvalue weighted by Gasteiger charge is 2.58. The first-order chi connectivity index (χ1) is 17.8. The van der Waals surface area contributed by atoms with E-state index in [2.05, 4.69) is 10.2 Å². The van der Waals surface area contributed by atoms with Crippen LogP contribution in [0.3, 0.4) is 0 Å². The van der Waals surface area contributed by atoms with Gasteiger partial charge in [0.25, 0.3) is 6.43 Å². The van der Waals surface area contributed by atoms with E-state index < -0.39 is 23.4 Å². The molecule has 6 nitrogen and oxygen atoms in total. The number of rotatable bonds is 5. The van der Waals surface area contributed by atoms with Crippen molar-refractivity contribution in [3.63, 3.8) is 0 Å². The highest BCUT2D eigenvalue weighted by atomic mass is 19.3. The molecule has 37 heavy (non-hydrogen) atoms. The lowest BCUT2D eigenvalue weighted by atomic mass is 9.60. The van der Waals surface area contributed by atoms with Crippen molar-refractivity contribution in [3.05, 3.63) is 84.2 Å². The number of nitrogens with zero attached hydrogens (tertiary/aromatic N) is 4. The molecule has 0 unspecified atom stereocenters. The average Bonchev–Trinajstić information content (AvgIpc) is 3.66. The summed E-state index contributed by atoms with van der Waals surface area (Å²) in [6.07, 6.45) is 0.563. The number of hydrogen-bond donors (Lipinski definition) is 2. The zero-order chi connectivity index (χ0) is 25.4. The molecule has 0 bridgehead atoms. The Labute approximate surface area is 211 Å². The fourth-order valence-corrected chi connectivity index (χ4v) is 5.95. The van der Waals surface area contributed by atoms with E-state index in [4.69, 9.17) is 10.7 Å². The van der Waals surface area contributed by atoms with Gasteiger partial charge in [0.15, 0.2) is 5.65 Å². The molecule has 3 N–H and O–H groups in total. The molecule has 0 amide bonds. The van der Waals surface area contributed by atoms with Crippen LogP contribution >= 0.6 is 0 Å². The molecule has 2 aromatic carbocycles. The third-order valence-corrected chi connectivity index (χ3v) is 7.97. The van der Waals surface area contributed by atoms with E-state index in [1.165, 1.54) is 4.40 Å². The molecule has 2 fully saturated rings. The fraction of sp³-hybridized carbons (Fsp3) is 0.276. The lowest BCUT2D eigenvalue weighted by molar-refractivity contribution is -0.106. The van der Waals surface area contributed by atoms with E-state index in [0.717, 1.165) is 40.8 Å². The second-order valence-corrected chi connectivity index (χ2v) is 10.5. The van der Waals surface area contributed by atoms with Gasteiger partial charge < -0.3 is 10.8 Å². The summed E-state index contributed by atoms with van der Waals surface area (Å²) in [5.74, 6) is -0.0140. The van der Waals surface area contributed by atoms with E-state index in [1.54, 1.807) is 12.1 Å². The Morgan fingerprint density at radius 3 is 2.32 bits per heavy atom. The van der Waals surface area contributed by atoms with Crippen molar-refractivity contribution < 1.29 is 13.9 Å². The van der Waals surface area contributed by atoms with E-state index in [-0.39, 0.29) is 0 Å².